The van der Waals surface area contributed by atoms with E-state index in [9.17, 15) is 14.7 Å². The lowest BCUT2D eigenvalue weighted by atomic mass is 10.2. The number of aliphatic carboxylic acids is 1. The molecule has 2 amide bonds. The molecular weight excluding hydrogens is 224 g/mol. The van der Waals surface area contributed by atoms with Crippen molar-refractivity contribution in [2.75, 3.05) is 0 Å². The quantitative estimate of drug-likeness (QED) is 0.619. The number of hydrogen-bond acceptors (Lipinski definition) is 3. The molecule has 1 aromatic rings. The summed E-state index contributed by atoms with van der Waals surface area (Å²) in [6.45, 7) is 1.59. The van der Waals surface area contributed by atoms with Crippen molar-refractivity contribution in [3.8, 4) is 5.75 Å². The second-order valence-electron chi connectivity index (χ2n) is 3.56. The molecule has 17 heavy (non-hydrogen) atoms. The summed E-state index contributed by atoms with van der Waals surface area (Å²) in [7, 11) is 0. The second-order valence-corrected chi connectivity index (χ2v) is 3.56. The Labute approximate surface area is 98.3 Å². The highest BCUT2D eigenvalue weighted by molar-refractivity contribution is 5.82. The maximum atomic E-state index is 11.3. The fraction of sp³-hybridized carbons (Fsp3) is 0.273. The normalized spacial score (nSPS) is 11.6. The molecule has 0 heterocycles. The molecule has 4 N–H and O–H groups in total. The van der Waals surface area contributed by atoms with Gasteiger partial charge in [-0.2, -0.15) is 0 Å². The van der Waals surface area contributed by atoms with Crippen molar-refractivity contribution in [2.24, 2.45) is 0 Å². The molecule has 0 aliphatic heterocycles. The minimum absolute atomic E-state index is 0.114. The number of aromatic hydroxyl groups is 1. The van der Waals surface area contributed by atoms with Crippen molar-refractivity contribution >= 4 is 12.0 Å². The van der Waals surface area contributed by atoms with Gasteiger partial charge in [-0.1, -0.05) is 12.1 Å². The number of urea groups is 1. The second kappa shape index (κ2) is 5.74. The Morgan fingerprint density at radius 3 is 2.71 bits per heavy atom. The first-order valence-electron chi connectivity index (χ1n) is 5.04. The van der Waals surface area contributed by atoms with Gasteiger partial charge in [0.25, 0.3) is 0 Å². The van der Waals surface area contributed by atoms with Crippen molar-refractivity contribution < 1.29 is 19.8 Å². The lowest BCUT2D eigenvalue weighted by molar-refractivity contribution is -0.138. The predicted octanol–water partition coefficient (Wildman–Crippen LogP) is 0.664. The Morgan fingerprint density at radius 2 is 2.12 bits per heavy atom. The Kier molecular flexibility index (Phi) is 4.33. The van der Waals surface area contributed by atoms with E-state index in [-0.39, 0.29) is 12.3 Å². The highest BCUT2D eigenvalue weighted by Crippen LogP contribution is 2.10. The molecule has 6 nitrogen and oxygen atoms in total. The molecule has 0 aliphatic carbocycles. The van der Waals surface area contributed by atoms with E-state index in [4.69, 9.17) is 5.11 Å². The zero-order valence-electron chi connectivity index (χ0n) is 9.30. The van der Waals surface area contributed by atoms with Crippen LogP contribution in [0.15, 0.2) is 24.3 Å². The van der Waals surface area contributed by atoms with Gasteiger partial charge in [0.2, 0.25) is 0 Å². The Bertz CT molecular complexity index is 420. The topological polar surface area (TPSA) is 98.7 Å². The van der Waals surface area contributed by atoms with Crippen LogP contribution >= 0.6 is 0 Å². The van der Waals surface area contributed by atoms with Gasteiger partial charge in [-0.05, 0) is 24.6 Å². The Balaban J connectivity index is 2.41. The molecule has 0 aliphatic rings. The number of phenols is 1. The van der Waals surface area contributed by atoms with Crippen LogP contribution in [-0.2, 0) is 11.3 Å². The molecule has 0 aromatic heterocycles. The number of carboxylic acids is 1. The monoisotopic (exact) mass is 238 g/mol. The third-order valence-corrected chi connectivity index (χ3v) is 2.08. The van der Waals surface area contributed by atoms with E-state index in [0.717, 1.165) is 5.56 Å². The van der Waals surface area contributed by atoms with Gasteiger partial charge in [-0.15, -0.1) is 0 Å². The summed E-state index contributed by atoms with van der Waals surface area (Å²) in [5.41, 5.74) is 0.725. The van der Waals surface area contributed by atoms with Crippen molar-refractivity contribution in [2.45, 2.75) is 19.5 Å². The fourth-order valence-corrected chi connectivity index (χ4v) is 1.16. The zero-order chi connectivity index (χ0) is 12.8. The molecule has 0 radical (unpaired) electrons. The SMILES string of the molecule is CC(NC(=O)NCc1cccc(O)c1)C(=O)O. The number of benzene rings is 1. The molecule has 1 aromatic carbocycles. The predicted molar refractivity (Wildman–Crippen MR) is 60.6 cm³/mol. The number of hydrogen-bond donors (Lipinski definition) is 4. The Morgan fingerprint density at radius 1 is 1.41 bits per heavy atom. The van der Waals surface area contributed by atoms with E-state index in [2.05, 4.69) is 10.6 Å². The lowest BCUT2D eigenvalue weighted by Gasteiger charge is -2.10. The van der Waals surface area contributed by atoms with E-state index < -0.39 is 18.0 Å². The maximum absolute atomic E-state index is 11.3. The number of carboxylic acid groups (broad SMARTS) is 1. The van der Waals surface area contributed by atoms with Gasteiger partial charge in [0.15, 0.2) is 0 Å². The number of nitrogens with one attached hydrogen (secondary N) is 2. The minimum Gasteiger partial charge on any atom is -0.508 e. The van der Waals surface area contributed by atoms with Gasteiger partial charge in [-0.3, -0.25) is 4.79 Å². The summed E-state index contributed by atoms with van der Waals surface area (Å²) in [5, 5.41) is 22.5. The largest absolute Gasteiger partial charge is 0.508 e. The van der Waals surface area contributed by atoms with E-state index in [1.54, 1.807) is 12.1 Å². The van der Waals surface area contributed by atoms with Crippen LogP contribution in [0.1, 0.15) is 12.5 Å². The van der Waals surface area contributed by atoms with E-state index in [1.807, 2.05) is 0 Å². The standard InChI is InChI=1S/C11H14N2O4/c1-7(10(15)16)13-11(17)12-6-8-3-2-4-9(14)5-8/h2-5,7,14H,6H2,1H3,(H,15,16)(H2,12,13,17). The van der Waals surface area contributed by atoms with E-state index >= 15 is 0 Å². The van der Waals surface area contributed by atoms with Crippen LogP contribution in [0.2, 0.25) is 0 Å². The summed E-state index contributed by atoms with van der Waals surface area (Å²) >= 11 is 0. The summed E-state index contributed by atoms with van der Waals surface area (Å²) < 4.78 is 0. The lowest BCUT2D eigenvalue weighted by Crippen LogP contribution is -2.44. The summed E-state index contributed by atoms with van der Waals surface area (Å²) in [6, 6.07) is 4.92. The third kappa shape index (κ3) is 4.42. The van der Waals surface area contributed by atoms with Gasteiger partial charge in [-0.25, -0.2) is 4.79 Å². The van der Waals surface area contributed by atoms with Crippen LogP contribution in [0.3, 0.4) is 0 Å². The van der Waals surface area contributed by atoms with Crippen LogP contribution in [0.25, 0.3) is 0 Å². The van der Waals surface area contributed by atoms with Crippen LogP contribution in [0.4, 0.5) is 4.79 Å². The van der Waals surface area contributed by atoms with Crippen LogP contribution in [0, 0.1) is 0 Å². The van der Waals surface area contributed by atoms with Gasteiger partial charge < -0.3 is 20.8 Å². The average molecular weight is 238 g/mol. The zero-order valence-corrected chi connectivity index (χ0v) is 9.30. The van der Waals surface area contributed by atoms with Crippen molar-refractivity contribution in [3.63, 3.8) is 0 Å². The third-order valence-electron chi connectivity index (χ3n) is 2.08. The average Bonchev–Trinajstić information content (AvgIpc) is 2.26. The highest BCUT2D eigenvalue weighted by Gasteiger charge is 2.13. The number of carbonyl (C=O) groups is 2. The summed E-state index contributed by atoms with van der Waals surface area (Å²) in [5.74, 6) is -0.985. The molecule has 0 fully saturated rings. The van der Waals surface area contributed by atoms with Gasteiger partial charge in [0, 0.05) is 6.54 Å². The number of carbonyl (C=O) groups excluding carboxylic acids is 1. The van der Waals surface area contributed by atoms with Gasteiger partial charge >= 0.3 is 12.0 Å². The smallest absolute Gasteiger partial charge is 0.325 e. The van der Waals surface area contributed by atoms with Crippen molar-refractivity contribution in [3.05, 3.63) is 29.8 Å². The van der Waals surface area contributed by atoms with Gasteiger partial charge in [0.05, 0.1) is 0 Å². The number of phenolic OH excluding ortho intramolecular Hbond substituents is 1. The fourth-order valence-electron chi connectivity index (χ4n) is 1.16. The molecule has 0 saturated heterocycles. The van der Waals surface area contributed by atoms with Crippen LogP contribution < -0.4 is 10.6 Å². The van der Waals surface area contributed by atoms with Crippen molar-refractivity contribution in [1.29, 1.82) is 0 Å². The Hall–Kier alpha value is -2.24. The minimum atomic E-state index is -1.10. The number of rotatable bonds is 4. The molecule has 0 saturated carbocycles. The van der Waals surface area contributed by atoms with Gasteiger partial charge in [0.1, 0.15) is 11.8 Å². The summed E-state index contributed by atoms with van der Waals surface area (Å²) in [6.07, 6.45) is 0. The first-order chi connectivity index (χ1) is 7.99. The molecule has 1 atom stereocenters. The first-order valence-corrected chi connectivity index (χ1v) is 5.04. The molecule has 92 valence electrons. The molecule has 6 heteroatoms. The molecule has 1 unspecified atom stereocenters. The number of amides is 2. The van der Waals surface area contributed by atoms with E-state index in [0.29, 0.717) is 0 Å². The van der Waals surface area contributed by atoms with Crippen molar-refractivity contribution in [1.82, 2.24) is 10.6 Å². The van der Waals surface area contributed by atoms with E-state index in [1.165, 1.54) is 19.1 Å². The highest BCUT2D eigenvalue weighted by atomic mass is 16.4. The maximum Gasteiger partial charge on any atom is 0.325 e. The first kappa shape index (κ1) is 12.8. The van der Waals surface area contributed by atoms with Crippen LogP contribution in [0.5, 0.6) is 5.75 Å². The summed E-state index contributed by atoms with van der Waals surface area (Å²) in [4.78, 5) is 21.7. The molecule has 0 spiro atoms. The molecular formula is C11H14N2O4. The molecule has 0 bridgehead atoms. The molecule has 1 rings (SSSR count). The van der Waals surface area contributed by atoms with Crippen LogP contribution in [-0.4, -0.2) is 28.3 Å².